The number of hydrogen-bond donors (Lipinski definition) is 2. The van der Waals surface area contributed by atoms with E-state index < -0.39 is 5.97 Å². The number of carbonyl (C=O) groups excluding carboxylic acids is 1. The summed E-state index contributed by atoms with van der Waals surface area (Å²) < 4.78 is 0. The Morgan fingerprint density at radius 3 is 2.82 bits per heavy atom. The van der Waals surface area contributed by atoms with Crippen LogP contribution in [0.5, 0.6) is 0 Å². The highest BCUT2D eigenvalue weighted by Gasteiger charge is 2.35. The Kier molecular flexibility index (Phi) is 3.13. The summed E-state index contributed by atoms with van der Waals surface area (Å²) in [6.07, 6.45) is 0.355. The Bertz CT molecular complexity index is 456. The molecule has 4 nitrogen and oxygen atoms in total. The van der Waals surface area contributed by atoms with E-state index in [2.05, 4.69) is 5.32 Å². The number of nitrogens with one attached hydrogen (secondary N) is 1. The second kappa shape index (κ2) is 4.57. The first-order valence-corrected chi connectivity index (χ1v) is 5.64. The summed E-state index contributed by atoms with van der Waals surface area (Å²) >= 11 is 0. The number of carboxylic acids is 1. The first kappa shape index (κ1) is 11.6. The van der Waals surface area contributed by atoms with Crippen molar-refractivity contribution in [2.75, 3.05) is 0 Å². The van der Waals surface area contributed by atoms with Gasteiger partial charge in [-0.2, -0.15) is 0 Å². The van der Waals surface area contributed by atoms with E-state index in [4.69, 9.17) is 5.11 Å². The maximum Gasteiger partial charge on any atom is 0.305 e. The van der Waals surface area contributed by atoms with Gasteiger partial charge >= 0.3 is 5.97 Å². The van der Waals surface area contributed by atoms with Crippen LogP contribution in [0.15, 0.2) is 24.3 Å². The zero-order valence-corrected chi connectivity index (χ0v) is 9.64. The summed E-state index contributed by atoms with van der Waals surface area (Å²) in [5, 5.41) is 11.6. The van der Waals surface area contributed by atoms with Gasteiger partial charge in [-0.15, -0.1) is 0 Å². The normalized spacial score (nSPS) is 23.5. The third-order valence-electron chi connectivity index (χ3n) is 3.22. The van der Waals surface area contributed by atoms with Gasteiger partial charge in [-0.3, -0.25) is 9.59 Å². The number of aryl methyl sites for hydroxylation is 1. The van der Waals surface area contributed by atoms with Gasteiger partial charge in [0.25, 0.3) is 0 Å². The molecular formula is C13H15NO3. The molecule has 2 atom stereocenters. The monoisotopic (exact) mass is 233 g/mol. The van der Waals surface area contributed by atoms with Gasteiger partial charge in [-0.25, -0.2) is 0 Å². The number of carboxylic acid groups (broad SMARTS) is 1. The van der Waals surface area contributed by atoms with Gasteiger partial charge in [-0.05, 0) is 18.1 Å². The fourth-order valence-corrected chi connectivity index (χ4v) is 2.42. The van der Waals surface area contributed by atoms with Crippen molar-refractivity contribution < 1.29 is 14.7 Å². The predicted molar refractivity (Wildman–Crippen MR) is 62.7 cm³/mol. The molecular weight excluding hydrogens is 218 g/mol. The molecule has 1 saturated heterocycles. The van der Waals surface area contributed by atoms with Crippen molar-refractivity contribution in [3.8, 4) is 0 Å². The molecule has 2 N–H and O–H groups in total. The van der Waals surface area contributed by atoms with Crippen LogP contribution in [0.4, 0.5) is 0 Å². The molecule has 90 valence electrons. The SMILES string of the molecule is Cc1ccccc1C1CC(=O)NC1CC(=O)O. The standard InChI is InChI=1S/C13H15NO3/c1-8-4-2-3-5-9(8)10-6-12(15)14-11(10)7-13(16)17/h2-5,10-11H,6-7H2,1H3,(H,14,15)(H,16,17). The number of carbonyl (C=O) groups is 2. The summed E-state index contributed by atoms with van der Waals surface area (Å²) in [5.74, 6) is -0.972. The van der Waals surface area contributed by atoms with Crippen molar-refractivity contribution in [2.45, 2.75) is 31.7 Å². The molecule has 1 aromatic carbocycles. The molecule has 0 aliphatic carbocycles. The van der Waals surface area contributed by atoms with E-state index in [0.717, 1.165) is 11.1 Å². The summed E-state index contributed by atoms with van der Waals surface area (Å²) in [6, 6.07) is 7.52. The lowest BCUT2D eigenvalue weighted by Crippen LogP contribution is -2.30. The summed E-state index contributed by atoms with van der Waals surface area (Å²) in [6.45, 7) is 1.98. The highest BCUT2D eigenvalue weighted by Crippen LogP contribution is 2.31. The fourth-order valence-electron chi connectivity index (χ4n) is 2.42. The maximum atomic E-state index is 11.4. The van der Waals surface area contributed by atoms with Crippen molar-refractivity contribution in [1.82, 2.24) is 5.32 Å². The van der Waals surface area contributed by atoms with Crippen molar-refractivity contribution in [3.05, 3.63) is 35.4 Å². The average Bonchev–Trinajstić information content (AvgIpc) is 2.59. The Labute approximate surface area is 99.6 Å². The quantitative estimate of drug-likeness (QED) is 0.830. The van der Waals surface area contributed by atoms with E-state index in [1.165, 1.54) is 0 Å². The van der Waals surface area contributed by atoms with Gasteiger partial charge < -0.3 is 10.4 Å². The second-order valence-electron chi connectivity index (χ2n) is 4.44. The van der Waals surface area contributed by atoms with Gasteiger partial charge in [-0.1, -0.05) is 24.3 Å². The van der Waals surface area contributed by atoms with Crippen molar-refractivity contribution in [1.29, 1.82) is 0 Å². The van der Waals surface area contributed by atoms with Gasteiger partial charge in [0.05, 0.1) is 6.42 Å². The molecule has 17 heavy (non-hydrogen) atoms. The van der Waals surface area contributed by atoms with Crippen LogP contribution in [0.1, 0.15) is 29.9 Å². The van der Waals surface area contributed by atoms with E-state index in [0.29, 0.717) is 6.42 Å². The van der Waals surface area contributed by atoms with Crippen LogP contribution >= 0.6 is 0 Å². The lowest BCUT2D eigenvalue weighted by molar-refractivity contribution is -0.137. The third-order valence-corrected chi connectivity index (χ3v) is 3.22. The zero-order valence-electron chi connectivity index (χ0n) is 9.64. The minimum atomic E-state index is -0.879. The highest BCUT2D eigenvalue weighted by atomic mass is 16.4. The Morgan fingerprint density at radius 1 is 1.47 bits per heavy atom. The molecule has 1 heterocycles. The number of hydrogen-bond acceptors (Lipinski definition) is 2. The smallest absolute Gasteiger partial charge is 0.305 e. The topological polar surface area (TPSA) is 66.4 Å². The molecule has 4 heteroatoms. The lowest BCUT2D eigenvalue weighted by Gasteiger charge is -2.19. The van der Waals surface area contributed by atoms with Crippen LogP contribution in [0, 0.1) is 6.92 Å². The van der Waals surface area contributed by atoms with E-state index in [9.17, 15) is 9.59 Å². The average molecular weight is 233 g/mol. The van der Waals surface area contributed by atoms with Crippen molar-refractivity contribution in [2.24, 2.45) is 0 Å². The molecule has 2 rings (SSSR count). The van der Waals surface area contributed by atoms with Crippen LogP contribution in [0.3, 0.4) is 0 Å². The molecule has 0 bridgehead atoms. The van der Waals surface area contributed by atoms with Crippen LogP contribution in [0.2, 0.25) is 0 Å². The van der Waals surface area contributed by atoms with Crippen molar-refractivity contribution in [3.63, 3.8) is 0 Å². The Balaban J connectivity index is 2.27. The molecule has 0 aromatic heterocycles. The van der Waals surface area contributed by atoms with E-state index in [-0.39, 0.29) is 24.3 Å². The molecule has 1 aliphatic heterocycles. The van der Waals surface area contributed by atoms with Gasteiger partial charge in [0.2, 0.25) is 5.91 Å². The molecule has 2 unspecified atom stereocenters. The first-order chi connectivity index (χ1) is 8.08. The van der Waals surface area contributed by atoms with Gasteiger partial charge in [0.1, 0.15) is 0 Å². The number of amides is 1. The Morgan fingerprint density at radius 2 is 2.18 bits per heavy atom. The highest BCUT2D eigenvalue weighted by molar-refractivity contribution is 5.82. The van der Waals surface area contributed by atoms with Crippen LogP contribution in [-0.4, -0.2) is 23.0 Å². The first-order valence-electron chi connectivity index (χ1n) is 5.64. The van der Waals surface area contributed by atoms with Crippen LogP contribution in [-0.2, 0) is 9.59 Å². The minimum Gasteiger partial charge on any atom is -0.481 e. The van der Waals surface area contributed by atoms with Gasteiger partial charge in [0.15, 0.2) is 0 Å². The molecule has 1 aliphatic rings. The number of rotatable bonds is 3. The summed E-state index contributed by atoms with van der Waals surface area (Å²) in [5.41, 5.74) is 2.17. The molecule has 1 amide bonds. The minimum absolute atomic E-state index is 0.0231. The van der Waals surface area contributed by atoms with E-state index in [1.807, 2.05) is 31.2 Å². The summed E-state index contributed by atoms with van der Waals surface area (Å²) in [7, 11) is 0. The third kappa shape index (κ3) is 2.46. The zero-order chi connectivity index (χ0) is 12.4. The largest absolute Gasteiger partial charge is 0.481 e. The van der Waals surface area contributed by atoms with Crippen LogP contribution < -0.4 is 5.32 Å². The summed E-state index contributed by atoms with van der Waals surface area (Å²) in [4.78, 5) is 22.2. The molecule has 0 spiro atoms. The van der Waals surface area contributed by atoms with E-state index in [1.54, 1.807) is 0 Å². The fraction of sp³-hybridized carbons (Fsp3) is 0.385. The molecule has 1 fully saturated rings. The second-order valence-corrected chi connectivity index (χ2v) is 4.44. The van der Waals surface area contributed by atoms with E-state index >= 15 is 0 Å². The number of aliphatic carboxylic acids is 1. The van der Waals surface area contributed by atoms with Gasteiger partial charge in [0, 0.05) is 18.4 Å². The predicted octanol–water partition coefficient (Wildman–Crippen LogP) is 1.44. The molecule has 1 aromatic rings. The lowest BCUT2D eigenvalue weighted by atomic mass is 9.87. The molecule has 0 radical (unpaired) electrons. The number of benzene rings is 1. The maximum absolute atomic E-state index is 11.4. The van der Waals surface area contributed by atoms with Crippen LogP contribution in [0.25, 0.3) is 0 Å². The molecule has 0 saturated carbocycles. The Hall–Kier alpha value is -1.84. The van der Waals surface area contributed by atoms with Crippen molar-refractivity contribution >= 4 is 11.9 Å².